The van der Waals surface area contributed by atoms with Crippen molar-refractivity contribution in [2.75, 3.05) is 27.9 Å². The molecule has 0 aliphatic rings. The molecule has 5 heteroatoms. The van der Waals surface area contributed by atoms with E-state index in [2.05, 4.69) is 0 Å². The molecule has 60 valence electrons. The third kappa shape index (κ3) is 2.26. The molecule has 0 saturated heterocycles. The summed E-state index contributed by atoms with van der Waals surface area (Å²) in [7, 11) is 6.02. The molecule has 0 saturated carbocycles. The van der Waals surface area contributed by atoms with Gasteiger partial charge in [-0.3, -0.25) is 0 Å². The predicted molar refractivity (Wildman–Crippen MR) is 38.3 cm³/mol. The molecule has 0 rings (SSSR count). The zero-order valence-corrected chi connectivity index (χ0v) is 6.84. The summed E-state index contributed by atoms with van der Waals surface area (Å²) in [5, 5.41) is 0. The van der Waals surface area contributed by atoms with Gasteiger partial charge in [-0.15, -0.1) is 0 Å². The standard InChI is InChI=1S/C5H13BO4/c1-7-5(8-2,9-3)4-10-6/h4,6H2,1-3H3. The van der Waals surface area contributed by atoms with Crippen molar-refractivity contribution < 1.29 is 18.9 Å². The number of rotatable bonds is 5. The van der Waals surface area contributed by atoms with Crippen molar-refractivity contribution in [2.24, 2.45) is 0 Å². The summed E-state index contributed by atoms with van der Waals surface area (Å²) in [6, 6.07) is 0. The fourth-order valence-electron chi connectivity index (χ4n) is 0.604. The van der Waals surface area contributed by atoms with E-state index in [1.807, 2.05) is 0 Å². The Labute approximate surface area is 61.8 Å². The van der Waals surface area contributed by atoms with Crippen LogP contribution in [0.1, 0.15) is 0 Å². The zero-order chi connectivity index (χ0) is 8.04. The number of hydrogen-bond donors (Lipinski definition) is 0. The number of hydrogen-bond acceptors (Lipinski definition) is 4. The SMILES string of the molecule is BOCC(OC)(OC)OC. The van der Waals surface area contributed by atoms with Crippen molar-refractivity contribution in [1.82, 2.24) is 0 Å². The smallest absolute Gasteiger partial charge is 0.305 e. The third-order valence-electron chi connectivity index (χ3n) is 1.25. The second-order valence-corrected chi connectivity index (χ2v) is 1.73. The maximum atomic E-state index is 4.91. The van der Waals surface area contributed by atoms with Crippen LogP contribution in [0.15, 0.2) is 0 Å². The maximum Gasteiger partial charge on any atom is 0.305 e. The lowest BCUT2D eigenvalue weighted by Crippen LogP contribution is -2.40. The second kappa shape index (κ2) is 4.68. The molecule has 0 aliphatic carbocycles. The Morgan fingerprint density at radius 1 is 1.10 bits per heavy atom. The molecule has 0 aliphatic heterocycles. The van der Waals surface area contributed by atoms with Crippen LogP contribution in [0.4, 0.5) is 0 Å². The van der Waals surface area contributed by atoms with E-state index in [0.717, 1.165) is 0 Å². The van der Waals surface area contributed by atoms with Crippen molar-refractivity contribution in [1.29, 1.82) is 0 Å². The van der Waals surface area contributed by atoms with E-state index in [-0.39, 0.29) is 6.61 Å². The largest absolute Gasteiger partial charge is 0.437 e. The molecular formula is C5H13BO4. The van der Waals surface area contributed by atoms with Gasteiger partial charge in [0.15, 0.2) is 0 Å². The van der Waals surface area contributed by atoms with Crippen molar-refractivity contribution in [3.8, 4) is 0 Å². The Hall–Kier alpha value is -0.0951. The van der Waals surface area contributed by atoms with Gasteiger partial charge in [0.1, 0.15) is 6.61 Å². The van der Waals surface area contributed by atoms with Gasteiger partial charge in [-0.05, 0) is 0 Å². The molecule has 0 heterocycles. The second-order valence-electron chi connectivity index (χ2n) is 1.73. The summed E-state index contributed by atoms with van der Waals surface area (Å²) in [5.74, 6) is -1.05. The van der Waals surface area contributed by atoms with Crippen LogP contribution < -0.4 is 0 Å². The van der Waals surface area contributed by atoms with Gasteiger partial charge in [0.05, 0.1) is 0 Å². The Morgan fingerprint density at radius 3 is 1.60 bits per heavy atom. The summed E-state index contributed by atoms with van der Waals surface area (Å²) in [6.45, 7) is 0.247. The normalized spacial score (nSPS) is 11.9. The number of methoxy groups -OCH3 is 3. The molecule has 0 radical (unpaired) electrons. The molecule has 0 amide bonds. The van der Waals surface area contributed by atoms with E-state index in [0.29, 0.717) is 0 Å². The molecule has 0 aromatic carbocycles. The monoisotopic (exact) mass is 148 g/mol. The van der Waals surface area contributed by atoms with Crippen molar-refractivity contribution >= 4 is 8.05 Å². The van der Waals surface area contributed by atoms with Crippen LogP contribution in [0, 0.1) is 0 Å². The van der Waals surface area contributed by atoms with Gasteiger partial charge in [-0.25, -0.2) is 0 Å². The Balaban J connectivity index is 3.87. The van der Waals surface area contributed by atoms with E-state index in [9.17, 15) is 0 Å². The van der Waals surface area contributed by atoms with Crippen LogP contribution in [-0.2, 0) is 18.9 Å². The van der Waals surface area contributed by atoms with Gasteiger partial charge in [0.25, 0.3) is 8.05 Å². The summed E-state index contributed by atoms with van der Waals surface area (Å²) in [4.78, 5) is 0. The highest BCUT2D eigenvalue weighted by molar-refractivity contribution is 5.97. The topological polar surface area (TPSA) is 36.9 Å². The molecular weight excluding hydrogens is 135 g/mol. The first kappa shape index (κ1) is 9.90. The van der Waals surface area contributed by atoms with Gasteiger partial charge in [-0.1, -0.05) is 0 Å². The minimum Gasteiger partial charge on any atom is -0.437 e. The van der Waals surface area contributed by atoms with Crippen LogP contribution in [0.3, 0.4) is 0 Å². The van der Waals surface area contributed by atoms with Crippen molar-refractivity contribution in [3.63, 3.8) is 0 Å². The summed E-state index contributed by atoms with van der Waals surface area (Å²) in [5.41, 5.74) is 0. The van der Waals surface area contributed by atoms with Crippen LogP contribution in [0.2, 0.25) is 0 Å². The zero-order valence-electron chi connectivity index (χ0n) is 6.84. The van der Waals surface area contributed by atoms with Crippen molar-refractivity contribution in [2.45, 2.75) is 5.97 Å². The highest BCUT2D eigenvalue weighted by atomic mass is 16.9. The predicted octanol–water partition coefficient (Wildman–Crippen LogP) is -0.856. The molecule has 0 fully saturated rings. The Bertz CT molecular complexity index is 75.5. The van der Waals surface area contributed by atoms with Crippen LogP contribution >= 0.6 is 0 Å². The van der Waals surface area contributed by atoms with Gasteiger partial charge < -0.3 is 18.9 Å². The Morgan fingerprint density at radius 2 is 1.50 bits per heavy atom. The highest BCUT2D eigenvalue weighted by Crippen LogP contribution is 2.10. The molecule has 0 unspecified atom stereocenters. The average molecular weight is 148 g/mol. The molecule has 0 aromatic heterocycles. The summed E-state index contributed by atoms with van der Waals surface area (Å²) < 4.78 is 19.5. The van der Waals surface area contributed by atoms with E-state index < -0.39 is 5.97 Å². The van der Waals surface area contributed by atoms with Crippen LogP contribution in [0.5, 0.6) is 0 Å². The van der Waals surface area contributed by atoms with Gasteiger partial charge >= 0.3 is 5.97 Å². The average Bonchev–Trinajstić information content (AvgIpc) is 2.01. The van der Waals surface area contributed by atoms with Gasteiger partial charge in [-0.2, -0.15) is 0 Å². The summed E-state index contributed by atoms with van der Waals surface area (Å²) in [6.07, 6.45) is 0. The molecule has 0 spiro atoms. The van der Waals surface area contributed by atoms with E-state index >= 15 is 0 Å². The minimum atomic E-state index is -1.05. The molecule has 0 bridgehead atoms. The van der Waals surface area contributed by atoms with Gasteiger partial charge in [0.2, 0.25) is 0 Å². The fourth-order valence-corrected chi connectivity index (χ4v) is 0.604. The first-order valence-corrected chi connectivity index (χ1v) is 2.89. The first-order chi connectivity index (χ1) is 4.74. The quantitative estimate of drug-likeness (QED) is 0.375. The van der Waals surface area contributed by atoms with Crippen LogP contribution in [0.25, 0.3) is 0 Å². The molecule has 4 nitrogen and oxygen atoms in total. The lowest BCUT2D eigenvalue weighted by Gasteiger charge is -2.27. The molecule has 0 N–H and O–H groups in total. The lowest BCUT2D eigenvalue weighted by molar-refractivity contribution is -0.361. The fraction of sp³-hybridized carbons (Fsp3) is 1.00. The van der Waals surface area contributed by atoms with Crippen molar-refractivity contribution in [3.05, 3.63) is 0 Å². The Kier molecular flexibility index (Phi) is 4.63. The van der Waals surface area contributed by atoms with E-state index in [4.69, 9.17) is 18.9 Å². The van der Waals surface area contributed by atoms with E-state index in [1.54, 1.807) is 8.05 Å². The summed E-state index contributed by atoms with van der Waals surface area (Å²) >= 11 is 0. The maximum absolute atomic E-state index is 4.91. The van der Waals surface area contributed by atoms with Crippen LogP contribution in [-0.4, -0.2) is 42.0 Å². The highest BCUT2D eigenvalue weighted by Gasteiger charge is 2.28. The first-order valence-electron chi connectivity index (χ1n) is 2.89. The molecule has 10 heavy (non-hydrogen) atoms. The number of ether oxygens (including phenoxy) is 3. The van der Waals surface area contributed by atoms with E-state index in [1.165, 1.54) is 21.3 Å². The molecule has 0 aromatic rings. The molecule has 0 atom stereocenters. The van der Waals surface area contributed by atoms with Gasteiger partial charge in [0, 0.05) is 21.3 Å². The third-order valence-corrected chi connectivity index (χ3v) is 1.25. The lowest BCUT2D eigenvalue weighted by atomic mass is 10.5. The minimum absolute atomic E-state index is 0.247.